The van der Waals surface area contributed by atoms with E-state index >= 15 is 0 Å². The summed E-state index contributed by atoms with van der Waals surface area (Å²) in [5, 5.41) is 9.06. The Morgan fingerprint density at radius 1 is 1.00 bits per heavy atom. The summed E-state index contributed by atoms with van der Waals surface area (Å²) in [4.78, 5) is 11.0. The van der Waals surface area contributed by atoms with E-state index in [-0.39, 0.29) is 5.41 Å². The summed E-state index contributed by atoms with van der Waals surface area (Å²) in [6, 6.07) is 0. The van der Waals surface area contributed by atoms with Gasteiger partial charge in [-0.25, -0.2) is 0 Å². The monoisotopic (exact) mass is 149 g/mol. The Kier molecular flexibility index (Phi) is 0.319. The molecule has 0 aromatic carbocycles. The molecule has 0 aliphatic heterocycles. The molecule has 6 fully saturated rings. The molecule has 0 radical (unpaired) electrons. The first-order valence-corrected chi connectivity index (χ1v) is 4.54. The second kappa shape index (κ2) is 0.782. The molecule has 0 spiro atoms. The molecule has 0 aromatic rings. The highest BCUT2D eigenvalue weighted by Gasteiger charge is 3.06. The first-order chi connectivity index (χ1) is 5.31. The number of carbonyl (C=O) groups is 1. The molecule has 1 N–H and O–H groups in total. The third-order valence-electron chi connectivity index (χ3n) is 5.85. The Balaban J connectivity index is 1.78. The molecule has 6 rings (SSSR count). The van der Waals surface area contributed by atoms with Crippen LogP contribution in [0.15, 0.2) is 0 Å². The fourth-order valence-electron chi connectivity index (χ4n) is 5.86. The predicted molar refractivity (Wildman–Crippen MR) is 34.5 cm³/mol. The summed E-state index contributed by atoms with van der Waals surface area (Å²) in [6.07, 6.45) is 0. The van der Waals surface area contributed by atoms with Gasteiger partial charge in [0.15, 0.2) is 0 Å². The van der Waals surface area contributed by atoms with E-state index in [0.29, 0.717) is 17.8 Å². The zero-order chi connectivity index (χ0) is 7.12. The largest absolute Gasteiger partial charge is 0.481 e. The van der Waals surface area contributed by atoms with Crippen molar-refractivity contribution in [2.45, 2.75) is 0 Å². The van der Waals surface area contributed by atoms with Gasteiger partial charge in [-0.2, -0.15) is 0 Å². The minimum Gasteiger partial charge on any atom is -0.481 e. The number of rotatable bonds is 1. The third-order valence-corrected chi connectivity index (χ3v) is 5.85. The molecular formula is C9H8O2. The molecular weight excluding hydrogens is 141 g/mol. The van der Waals surface area contributed by atoms with E-state index in [1.54, 1.807) is 0 Å². The average Bonchev–Trinajstić information content (AvgIpc) is 2.05. The Bertz CT molecular complexity index is 282. The van der Waals surface area contributed by atoms with E-state index in [0.717, 1.165) is 23.7 Å². The van der Waals surface area contributed by atoms with Crippen LogP contribution in [0.25, 0.3) is 0 Å². The van der Waals surface area contributed by atoms with Gasteiger partial charge in [0.25, 0.3) is 0 Å². The zero-order valence-corrected chi connectivity index (χ0v) is 5.90. The Hall–Kier alpha value is -0.530. The van der Waals surface area contributed by atoms with Crippen LogP contribution in [0.1, 0.15) is 0 Å². The second-order valence-electron chi connectivity index (χ2n) is 5.12. The van der Waals surface area contributed by atoms with Crippen LogP contribution >= 0.6 is 0 Å². The molecule has 56 valence electrons. The number of carboxylic acid groups (broad SMARTS) is 1. The van der Waals surface area contributed by atoms with E-state index in [1.165, 1.54) is 0 Å². The lowest BCUT2D eigenvalue weighted by atomic mass is 8.98. The van der Waals surface area contributed by atoms with Crippen LogP contribution in [0, 0.1) is 46.8 Å². The lowest BCUT2D eigenvalue weighted by Crippen LogP contribution is -3.06. The van der Waals surface area contributed by atoms with Crippen LogP contribution in [-0.2, 0) is 4.79 Å². The van der Waals surface area contributed by atoms with Gasteiger partial charge in [-0.05, 0) is 41.4 Å². The standard InChI is InChI=1S/C9H8O2/c10-8(11)9-5-2-1-3(5)7(9)4(1)6(2)9/h1-7H,(H,10,11)/i8+1. The summed E-state index contributed by atoms with van der Waals surface area (Å²) >= 11 is 0. The molecule has 11 heavy (non-hydrogen) atoms. The van der Waals surface area contributed by atoms with Crippen LogP contribution in [0.4, 0.5) is 0 Å². The summed E-state index contributed by atoms with van der Waals surface area (Å²) in [5.41, 5.74) is -0.116. The molecule has 0 amide bonds. The Labute approximate surface area is 63.6 Å². The molecule has 6 saturated carbocycles. The lowest BCUT2D eigenvalue weighted by molar-refractivity contribution is -0.598. The van der Waals surface area contributed by atoms with Gasteiger partial charge in [-0.3, -0.25) is 4.79 Å². The molecule has 2 nitrogen and oxygen atoms in total. The fourth-order valence-corrected chi connectivity index (χ4v) is 5.86. The first-order valence-electron chi connectivity index (χ1n) is 4.54. The zero-order valence-electron chi connectivity index (χ0n) is 5.90. The van der Waals surface area contributed by atoms with Crippen molar-refractivity contribution < 1.29 is 9.90 Å². The molecule has 2 heteroatoms. The van der Waals surface area contributed by atoms with Crippen molar-refractivity contribution >= 4 is 5.97 Å². The van der Waals surface area contributed by atoms with Gasteiger partial charge in [-0.1, -0.05) is 0 Å². The molecule has 0 atom stereocenters. The van der Waals surface area contributed by atoms with Crippen molar-refractivity contribution in [3.63, 3.8) is 0 Å². The molecule has 6 aliphatic rings. The van der Waals surface area contributed by atoms with Crippen molar-refractivity contribution in [2.75, 3.05) is 0 Å². The van der Waals surface area contributed by atoms with Crippen molar-refractivity contribution in [3.8, 4) is 0 Å². The molecule has 0 bridgehead atoms. The van der Waals surface area contributed by atoms with Crippen LogP contribution < -0.4 is 0 Å². The van der Waals surface area contributed by atoms with Crippen LogP contribution in [0.2, 0.25) is 0 Å². The number of hydrogen-bond acceptors (Lipinski definition) is 1. The Morgan fingerprint density at radius 2 is 1.45 bits per heavy atom. The fraction of sp³-hybridized carbons (Fsp3) is 0.889. The summed E-state index contributed by atoms with van der Waals surface area (Å²) in [6.45, 7) is 0. The van der Waals surface area contributed by atoms with Gasteiger partial charge in [0.1, 0.15) is 0 Å². The van der Waals surface area contributed by atoms with Crippen LogP contribution in [0.5, 0.6) is 0 Å². The third kappa shape index (κ3) is 0.149. The Morgan fingerprint density at radius 3 is 1.73 bits per heavy atom. The summed E-state index contributed by atoms with van der Waals surface area (Å²) in [5.74, 6) is 5.32. The lowest BCUT2D eigenvalue weighted by Gasteiger charge is -3.06. The van der Waals surface area contributed by atoms with Gasteiger partial charge < -0.3 is 5.11 Å². The topological polar surface area (TPSA) is 37.3 Å². The van der Waals surface area contributed by atoms with E-state index < -0.39 is 5.97 Å². The molecule has 0 unspecified atom stereocenters. The smallest absolute Gasteiger partial charge is 0.310 e. The van der Waals surface area contributed by atoms with Crippen molar-refractivity contribution in [2.24, 2.45) is 46.8 Å². The predicted octanol–water partition coefficient (Wildman–Crippen LogP) is 0.439. The maximum absolute atomic E-state index is 11.0. The highest BCUT2D eigenvalue weighted by molar-refractivity contribution is 5.85. The molecule has 0 aromatic heterocycles. The minimum atomic E-state index is -0.459. The maximum Gasteiger partial charge on any atom is 0.310 e. The maximum atomic E-state index is 11.0. The minimum absolute atomic E-state index is 0.116. The van der Waals surface area contributed by atoms with Gasteiger partial charge >= 0.3 is 5.97 Å². The van der Waals surface area contributed by atoms with Crippen molar-refractivity contribution in [1.29, 1.82) is 0 Å². The first kappa shape index (κ1) is 4.48. The second-order valence-corrected chi connectivity index (χ2v) is 5.12. The number of hydrogen-bond donors (Lipinski definition) is 1. The van der Waals surface area contributed by atoms with Gasteiger partial charge in [0, 0.05) is 0 Å². The van der Waals surface area contributed by atoms with Gasteiger partial charge in [0.2, 0.25) is 0 Å². The summed E-state index contributed by atoms with van der Waals surface area (Å²) in [7, 11) is 0. The highest BCUT2D eigenvalue weighted by Crippen LogP contribution is 3.05. The van der Waals surface area contributed by atoms with Crippen LogP contribution in [0.3, 0.4) is 0 Å². The van der Waals surface area contributed by atoms with Gasteiger partial charge in [0.05, 0.1) is 5.41 Å². The SMILES string of the molecule is O=[13C](O)C12C3C4C5C3C1C5C42. The summed E-state index contributed by atoms with van der Waals surface area (Å²) < 4.78 is 0. The quantitative estimate of drug-likeness (QED) is 0.549. The molecule has 0 saturated heterocycles. The van der Waals surface area contributed by atoms with E-state index in [4.69, 9.17) is 5.11 Å². The molecule has 6 aliphatic carbocycles. The van der Waals surface area contributed by atoms with Crippen molar-refractivity contribution in [1.82, 2.24) is 0 Å². The van der Waals surface area contributed by atoms with Crippen molar-refractivity contribution in [3.05, 3.63) is 0 Å². The average molecular weight is 149 g/mol. The number of carboxylic acids is 1. The van der Waals surface area contributed by atoms with Gasteiger partial charge in [-0.15, -0.1) is 0 Å². The number of aliphatic carboxylic acids is 1. The molecule has 0 heterocycles. The van der Waals surface area contributed by atoms with E-state index in [1.807, 2.05) is 0 Å². The highest BCUT2D eigenvalue weighted by atomic mass is 16.5. The van der Waals surface area contributed by atoms with Crippen LogP contribution in [-0.4, -0.2) is 11.1 Å². The van der Waals surface area contributed by atoms with E-state index in [9.17, 15) is 4.79 Å². The normalized spacial score (nSPS) is 88.2. The van der Waals surface area contributed by atoms with E-state index in [2.05, 4.69) is 0 Å².